The molecule has 0 saturated heterocycles. The maximum Gasteiger partial charge on any atom is 0.225 e. The molecule has 0 spiro atoms. The van der Waals surface area contributed by atoms with Gasteiger partial charge in [0.05, 0.1) is 12.8 Å². The van der Waals surface area contributed by atoms with Gasteiger partial charge in [0.25, 0.3) is 0 Å². The van der Waals surface area contributed by atoms with Gasteiger partial charge in [0.2, 0.25) is 5.91 Å². The number of nitrogens with one attached hydrogen (secondary N) is 1. The molecule has 144 valence electrons. The molecule has 0 aliphatic rings. The summed E-state index contributed by atoms with van der Waals surface area (Å²) in [6, 6.07) is 27.9. The second-order valence-corrected chi connectivity index (χ2v) is 6.85. The number of benzene rings is 3. The number of ether oxygens (including phenoxy) is 1. The van der Waals surface area contributed by atoms with Crippen molar-refractivity contribution < 1.29 is 9.53 Å². The number of carbonyl (C=O) groups excluding carboxylic acids is 1. The Kier molecular flexibility index (Phi) is 5.52. The van der Waals surface area contributed by atoms with Gasteiger partial charge in [0.1, 0.15) is 5.52 Å². The quantitative estimate of drug-likeness (QED) is 0.485. The summed E-state index contributed by atoms with van der Waals surface area (Å²) in [5, 5.41) is 3.99. The Hall–Kier alpha value is -3.66. The lowest BCUT2D eigenvalue weighted by molar-refractivity contribution is -0.116. The molecule has 0 fully saturated rings. The summed E-state index contributed by atoms with van der Waals surface area (Å²) < 4.78 is 5.56. The van der Waals surface area contributed by atoms with E-state index >= 15 is 0 Å². The lowest BCUT2D eigenvalue weighted by Gasteiger charge is -2.19. The zero-order valence-corrected chi connectivity index (χ0v) is 16.2. The first-order valence-electron chi connectivity index (χ1n) is 9.57. The third-order valence-electron chi connectivity index (χ3n) is 5.00. The molecule has 1 aromatic heterocycles. The number of nitrogens with zero attached hydrogens (tertiary/aromatic N) is 1. The van der Waals surface area contributed by atoms with Crippen LogP contribution in [0.3, 0.4) is 0 Å². The third kappa shape index (κ3) is 4.11. The van der Waals surface area contributed by atoms with Crippen LogP contribution in [0, 0.1) is 0 Å². The Morgan fingerprint density at radius 2 is 1.55 bits per heavy atom. The molecule has 0 radical (unpaired) electrons. The molecule has 0 saturated carbocycles. The monoisotopic (exact) mass is 382 g/mol. The maximum atomic E-state index is 13.0. The highest BCUT2D eigenvalue weighted by Gasteiger charge is 2.19. The first-order valence-corrected chi connectivity index (χ1v) is 9.57. The molecule has 0 bridgehead atoms. The number of pyridine rings is 1. The smallest absolute Gasteiger partial charge is 0.225 e. The molecule has 0 aliphatic carbocycles. The molecule has 0 aliphatic heterocycles. The van der Waals surface area contributed by atoms with Crippen LogP contribution in [0.4, 0.5) is 5.69 Å². The Morgan fingerprint density at radius 1 is 0.897 bits per heavy atom. The van der Waals surface area contributed by atoms with Crippen LogP contribution in [0.25, 0.3) is 10.9 Å². The molecule has 4 aromatic rings. The van der Waals surface area contributed by atoms with E-state index in [4.69, 9.17) is 4.74 Å². The largest absolute Gasteiger partial charge is 0.492 e. The van der Waals surface area contributed by atoms with Crippen molar-refractivity contribution in [3.05, 3.63) is 102 Å². The third-order valence-corrected chi connectivity index (χ3v) is 5.00. The standard InChI is InChI=1S/C25H22N2O2/c1-29-25-22(15-14-20-13-8-16-26-24(20)25)27-23(28)17-21(18-9-4-2-5-10-18)19-11-6-3-7-12-19/h2-16,21H,17H2,1H3,(H,27,28). The number of rotatable bonds is 6. The van der Waals surface area contributed by atoms with Crippen LogP contribution in [0.1, 0.15) is 23.5 Å². The van der Waals surface area contributed by atoms with Crippen LogP contribution in [-0.2, 0) is 4.79 Å². The highest BCUT2D eigenvalue weighted by molar-refractivity contribution is 5.98. The lowest BCUT2D eigenvalue weighted by atomic mass is 9.88. The predicted octanol–water partition coefficient (Wildman–Crippen LogP) is 5.40. The van der Waals surface area contributed by atoms with E-state index in [1.165, 1.54) is 0 Å². The lowest BCUT2D eigenvalue weighted by Crippen LogP contribution is -2.17. The van der Waals surface area contributed by atoms with Crippen molar-refractivity contribution >= 4 is 22.5 Å². The Balaban J connectivity index is 1.61. The number of methoxy groups -OCH3 is 1. The topological polar surface area (TPSA) is 51.2 Å². The first-order chi connectivity index (χ1) is 14.3. The van der Waals surface area contributed by atoms with Crippen LogP contribution in [0.15, 0.2) is 91.1 Å². The molecule has 4 rings (SSSR count). The van der Waals surface area contributed by atoms with E-state index in [1.54, 1.807) is 13.3 Å². The van der Waals surface area contributed by atoms with Gasteiger partial charge in [-0.25, -0.2) is 0 Å². The van der Waals surface area contributed by atoms with Gasteiger partial charge in [-0.1, -0.05) is 72.8 Å². The summed E-state index contributed by atoms with van der Waals surface area (Å²) in [7, 11) is 1.59. The van der Waals surface area contributed by atoms with Crippen molar-refractivity contribution in [2.75, 3.05) is 12.4 Å². The minimum atomic E-state index is -0.0729. The van der Waals surface area contributed by atoms with E-state index in [0.717, 1.165) is 22.0 Å². The second kappa shape index (κ2) is 8.57. The van der Waals surface area contributed by atoms with Crippen LogP contribution in [-0.4, -0.2) is 18.0 Å². The van der Waals surface area contributed by atoms with Crippen molar-refractivity contribution in [2.45, 2.75) is 12.3 Å². The number of anilines is 1. The van der Waals surface area contributed by atoms with E-state index < -0.39 is 0 Å². The Morgan fingerprint density at radius 3 is 2.17 bits per heavy atom. The molecular formula is C25H22N2O2. The van der Waals surface area contributed by atoms with Crippen LogP contribution in [0.2, 0.25) is 0 Å². The van der Waals surface area contributed by atoms with Gasteiger partial charge in [-0.05, 0) is 23.3 Å². The van der Waals surface area contributed by atoms with Gasteiger partial charge in [-0.2, -0.15) is 0 Å². The normalized spacial score (nSPS) is 10.8. The molecule has 1 N–H and O–H groups in total. The van der Waals surface area contributed by atoms with Crippen molar-refractivity contribution in [1.82, 2.24) is 4.98 Å². The average molecular weight is 382 g/mol. The molecule has 4 nitrogen and oxygen atoms in total. The minimum absolute atomic E-state index is 0.0259. The fourth-order valence-corrected chi connectivity index (χ4v) is 3.61. The van der Waals surface area contributed by atoms with Crippen LogP contribution < -0.4 is 10.1 Å². The van der Waals surface area contributed by atoms with Crippen LogP contribution in [0.5, 0.6) is 5.75 Å². The van der Waals surface area contributed by atoms with Gasteiger partial charge in [0.15, 0.2) is 5.75 Å². The molecule has 29 heavy (non-hydrogen) atoms. The van der Waals surface area contributed by atoms with Crippen molar-refractivity contribution in [3.8, 4) is 5.75 Å². The van der Waals surface area contributed by atoms with E-state index in [0.29, 0.717) is 17.9 Å². The molecule has 0 unspecified atom stereocenters. The van der Waals surface area contributed by atoms with E-state index in [9.17, 15) is 4.79 Å². The molecule has 4 heteroatoms. The average Bonchev–Trinajstić information content (AvgIpc) is 2.78. The summed E-state index contributed by atoms with van der Waals surface area (Å²) in [6.45, 7) is 0. The summed E-state index contributed by atoms with van der Waals surface area (Å²) >= 11 is 0. The highest BCUT2D eigenvalue weighted by Crippen LogP contribution is 2.33. The number of hydrogen-bond acceptors (Lipinski definition) is 3. The zero-order valence-electron chi connectivity index (χ0n) is 16.2. The molecular weight excluding hydrogens is 360 g/mol. The van der Waals surface area contributed by atoms with Crippen molar-refractivity contribution in [2.24, 2.45) is 0 Å². The first kappa shape index (κ1) is 18.7. The summed E-state index contributed by atoms with van der Waals surface area (Å²) in [4.78, 5) is 17.4. The summed E-state index contributed by atoms with van der Waals surface area (Å²) in [6.07, 6.45) is 2.05. The van der Waals surface area contributed by atoms with Gasteiger partial charge in [0, 0.05) is 23.9 Å². The highest BCUT2D eigenvalue weighted by atomic mass is 16.5. The molecule has 1 amide bonds. The Bertz CT molecular complexity index is 1070. The fraction of sp³-hybridized carbons (Fsp3) is 0.120. The van der Waals surface area contributed by atoms with E-state index in [1.807, 2.05) is 60.7 Å². The zero-order chi connectivity index (χ0) is 20.1. The van der Waals surface area contributed by atoms with Crippen LogP contribution >= 0.6 is 0 Å². The molecule has 3 aromatic carbocycles. The van der Waals surface area contributed by atoms with Crippen molar-refractivity contribution in [1.29, 1.82) is 0 Å². The van der Waals surface area contributed by atoms with Gasteiger partial charge in [-0.15, -0.1) is 0 Å². The predicted molar refractivity (Wildman–Crippen MR) is 116 cm³/mol. The van der Waals surface area contributed by atoms with E-state index in [2.05, 4.69) is 34.6 Å². The number of amides is 1. The van der Waals surface area contributed by atoms with Gasteiger partial charge >= 0.3 is 0 Å². The maximum absolute atomic E-state index is 13.0. The Labute approximate surface area is 170 Å². The molecule has 0 atom stereocenters. The summed E-state index contributed by atoms with van der Waals surface area (Å²) in [5.74, 6) is 0.477. The number of fused-ring (bicyclic) bond motifs is 1. The fourth-order valence-electron chi connectivity index (χ4n) is 3.61. The molecule has 1 heterocycles. The van der Waals surface area contributed by atoms with E-state index in [-0.39, 0.29) is 11.8 Å². The van der Waals surface area contributed by atoms with Crippen molar-refractivity contribution in [3.63, 3.8) is 0 Å². The summed E-state index contributed by atoms with van der Waals surface area (Å²) in [5.41, 5.74) is 3.58. The minimum Gasteiger partial charge on any atom is -0.492 e. The van der Waals surface area contributed by atoms with Gasteiger partial charge < -0.3 is 10.1 Å². The number of aromatic nitrogens is 1. The second-order valence-electron chi connectivity index (χ2n) is 6.85. The van der Waals surface area contributed by atoms with Gasteiger partial charge in [-0.3, -0.25) is 9.78 Å². The number of hydrogen-bond donors (Lipinski definition) is 1. The number of carbonyl (C=O) groups is 1. The SMILES string of the molecule is COc1c(NC(=O)CC(c2ccccc2)c2ccccc2)ccc2cccnc12.